The van der Waals surface area contributed by atoms with Crippen LogP contribution in [0.3, 0.4) is 0 Å². The molecule has 0 spiro atoms. The SMILES string of the molecule is COC(=O)N[C@H]1CCCC[C@@H](c2ncc(-c3ccc(-c4ccc(-c5cnc([C@@H]6CCCN6C(=O)[C@@H](C)C(C)C)[nH]5)cc4)cc3)[nH]2)CC1=O.S.S.S.S. The van der Waals surface area contributed by atoms with Gasteiger partial charge in [-0.1, -0.05) is 82.1 Å². The molecule has 6 rings (SSSR count). The molecule has 1 saturated heterocycles. The molecule has 3 N–H and O–H groups in total. The zero-order valence-electron chi connectivity index (χ0n) is 30.3. The van der Waals surface area contributed by atoms with E-state index in [9.17, 15) is 14.4 Å². The van der Waals surface area contributed by atoms with Gasteiger partial charge in [0.05, 0.1) is 43.0 Å². The summed E-state index contributed by atoms with van der Waals surface area (Å²) in [5.41, 5.74) is 6.12. The predicted molar refractivity (Wildman–Crippen MR) is 226 cm³/mol. The Hall–Kier alpha value is -3.33. The summed E-state index contributed by atoms with van der Waals surface area (Å²) in [6.45, 7) is 7.00. The molecule has 1 saturated carbocycles. The van der Waals surface area contributed by atoms with Crippen molar-refractivity contribution in [1.82, 2.24) is 30.2 Å². The van der Waals surface area contributed by atoms with Gasteiger partial charge in [-0.15, -0.1) is 0 Å². The molecule has 2 aromatic heterocycles. The molecule has 14 heteroatoms. The minimum atomic E-state index is -0.574. The van der Waals surface area contributed by atoms with E-state index in [2.05, 4.69) is 82.6 Å². The van der Waals surface area contributed by atoms with E-state index in [0.717, 1.165) is 83.9 Å². The van der Waals surface area contributed by atoms with Crippen molar-refractivity contribution < 1.29 is 19.1 Å². The van der Waals surface area contributed by atoms with E-state index in [1.54, 1.807) is 0 Å². The second-order valence-electron chi connectivity index (χ2n) is 13.6. The number of aromatic amines is 2. The van der Waals surface area contributed by atoms with E-state index in [1.165, 1.54) is 7.11 Å². The highest BCUT2D eigenvalue weighted by Gasteiger charge is 2.35. The number of likely N-dealkylation sites (tertiary alicyclic amines) is 1. The highest BCUT2D eigenvalue weighted by Crippen LogP contribution is 2.35. The number of alkyl carbamates (subject to hydrolysis) is 1. The zero-order chi connectivity index (χ0) is 33.8. The Kier molecular flexibility index (Phi) is 17.4. The number of H-pyrrole nitrogens is 2. The maximum atomic E-state index is 13.1. The molecule has 3 heterocycles. The number of carbonyl (C=O) groups excluding carboxylic acids is 3. The van der Waals surface area contributed by atoms with E-state index in [0.29, 0.717) is 18.8 Å². The van der Waals surface area contributed by atoms with E-state index in [-0.39, 0.29) is 83.6 Å². The van der Waals surface area contributed by atoms with Crippen LogP contribution in [0, 0.1) is 11.8 Å². The minimum Gasteiger partial charge on any atom is -0.453 e. The third-order valence-electron chi connectivity index (χ3n) is 10.2. The fourth-order valence-corrected chi connectivity index (χ4v) is 6.86. The minimum absolute atomic E-state index is 0. The predicted octanol–water partition coefficient (Wildman–Crippen LogP) is 7.88. The smallest absolute Gasteiger partial charge is 0.407 e. The Balaban J connectivity index is 0.00000234. The third kappa shape index (κ3) is 10.2. The summed E-state index contributed by atoms with van der Waals surface area (Å²) < 4.78 is 4.70. The van der Waals surface area contributed by atoms with Crippen molar-refractivity contribution in [3.63, 3.8) is 0 Å². The summed E-state index contributed by atoms with van der Waals surface area (Å²) in [5.74, 6) is 2.16. The van der Waals surface area contributed by atoms with Gasteiger partial charge in [0.2, 0.25) is 5.91 Å². The van der Waals surface area contributed by atoms with Crippen LogP contribution in [0.25, 0.3) is 33.6 Å². The van der Waals surface area contributed by atoms with Crippen LogP contribution in [0.5, 0.6) is 0 Å². The highest BCUT2D eigenvalue weighted by atomic mass is 32.1. The van der Waals surface area contributed by atoms with Crippen LogP contribution < -0.4 is 5.32 Å². The lowest BCUT2D eigenvalue weighted by Gasteiger charge is -2.27. The van der Waals surface area contributed by atoms with Crippen molar-refractivity contribution in [1.29, 1.82) is 0 Å². The van der Waals surface area contributed by atoms with Gasteiger partial charge in [-0.05, 0) is 53.9 Å². The first-order valence-corrected chi connectivity index (χ1v) is 17.2. The molecule has 2 aromatic carbocycles. The van der Waals surface area contributed by atoms with Crippen molar-refractivity contribution >= 4 is 71.8 Å². The number of aromatic nitrogens is 4. The second kappa shape index (κ2) is 20.2. The van der Waals surface area contributed by atoms with Crippen molar-refractivity contribution in [2.45, 2.75) is 83.7 Å². The summed E-state index contributed by atoms with van der Waals surface area (Å²) in [7, 11) is 1.31. The van der Waals surface area contributed by atoms with E-state index in [4.69, 9.17) is 9.72 Å². The highest BCUT2D eigenvalue weighted by molar-refractivity contribution is 7.59. The summed E-state index contributed by atoms with van der Waals surface area (Å²) >= 11 is 0. The molecule has 1 aliphatic carbocycles. The molecular formula is C38H54N6O4S4. The molecule has 4 aromatic rings. The number of imidazole rings is 2. The molecular weight excluding hydrogens is 733 g/mol. The number of ketones is 1. The van der Waals surface area contributed by atoms with Gasteiger partial charge in [-0.3, -0.25) is 9.59 Å². The zero-order valence-corrected chi connectivity index (χ0v) is 34.3. The number of amides is 2. The second-order valence-corrected chi connectivity index (χ2v) is 13.6. The molecule has 0 bridgehead atoms. The first kappa shape index (κ1) is 44.8. The number of benzene rings is 2. The van der Waals surface area contributed by atoms with Gasteiger partial charge in [0, 0.05) is 24.8 Å². The lowest BCUT2D eigenvalue weighted by molar-refractivity contribution is -0.137. The summed E-state index contributed by atoms with van der Waals surface area (Å²) in [5, 5.41) is 2.68. The lowest BCUT2D eigenvalue weighted by atomic mass is 9.87. The van der Waals surface area contributed by atoms with Gasteiger partial charge in [-0.2, -0.15) is 54.0 Å². The molecule has 10 nitrogen and oxygen atoms in total. The van der Waals surface area contributed by atoms with Crippen molar-refractivity contribution in [2.24, 2.45) is 11.8 Å². The third-order valence-corrected chi connectivity index (χ3v) is 10.2. The van der Waals surface area contributed by atoms with Crippen molar-refractivity contribution in [3.05, 3.63) is 72.6 Å². The summed E-state index contributed by atoms with van der Waals surface area (Å²) in [6, 6.07) is 16.3. The van der Waals surface area contributed by atoms with Gasteiger partial charge < -0.3 is 24.9 Å². The number of methoxy groups -OCH3 is 1. The van der Waals surface area contributed by atoms with Crippen molar-refractivity contribution in [2.75, 3.05) is 13.7 Å². The monoisotopic (exact) mass is 786 g/mol. The molecule has 0 unspecified atom stereocenters. The first-order chi connectivity index (χ1) is 23.2. The van der Waals surface area contributed by atoms with Gasteiger partial charge in [0.1, 0.15) is 11.6 Å². The maximum Gasteiger partial charge on any atom is 0.407 e. The Morgan fingerprint density at radius 2 is 1.29 bits per heavy atom. The van der Waals surface area contributed by atoms with E-state index in [1.807, 2.05) is 24.2 Å². The molecule has 2 amide bonds. The number of carbonyl (C=O) groups is 3. The van der Waals surface area contributed by atoms with Gasteiger partial charge in [0.25, 0.3) is 0 Å². The van der Waals surface area contributed by atoms with Crippen LogP contribution in [0.1, 0.15) is 89.3 Å². The molecule has 0 radical (unpaired) electrons. The van der Waals surface area contributed by atoms with Crippen LogP contribution >= 0.6 is 54.0 Å². The first-order valence-electron chi connectivity index (χ1n) is 17.2. The van der Waals surface area contributed by atoms with E-state index >= 15 is 0 Å². The summed E-state index contributed by atoms with van der Waals surface area (Å²) in [4.78, 5) is 56.1. The standard InChI is InChI=1S/C38H46N6O4.4H2S/c1-23(2)24(3)37(46)44-19-7-10-33(44)36-40-22-32(42-36)28-17-13-26(14-18-28)25-11-15-27(16-12-25)31-21-39-35(41-31)29-8-5-6-9-30(34(45)20-29)43-38(47)48-4;;;;/h11-18,21-24,29-30,33H,5-10,19-20H2,1-4H3,(H,39,41)(H,40,42)(H,43,47);4*1H2/t24-,29+,30-,33-;;;;/m0..../s1. The number of Topliss-reactive ketones (excluding diaryl/α,β-unsaturated/α-hetero) is 1. The van der Waals surface area contributed by atoms with E-state index < -0.39 is 12.1 Å². The molecule has 1 aliphatic heterocycles. The molecule has 284 valence electrons. The Morgan fingerprint density at radius 3 is 1.85 bits per heavy atom. The van der Waals surface area contributed by atoms with Crippen LogP contribution in [0.4, 0.5) is 4.79 Å². The number of hydrogen-bond donors (Lipinski definition) is 3. The maximum absolute atomic E-state index is 13.1. The molecule has 2 aliphatic rings. The molecule has 52 heavy (non-hydrogen) atoms. The lowest BCUT2D eigenvalue weighted by Crippen LogP contribution is -2.41. The molecule has 2 fully saturated rings. The average molecular weight is 787 g/mol. The average Bonchev–Trinajstić information content (AvgIpc) is 3.89. The normalized spacial score (nSPS) is 19.1. The fraction of sp³-hybridized carbons (Fsp3) is 0.447. The number of nitrogens with zero attached hydrogens (tertiary/aromatic N) is 3. The number of hydrogen-bond acceptors (Lipinski definition) is 6. The summed E-state index contributed by atoms with van der Waals surface area (Å²) in [6.07, 6.45) is 8.68. The van der Waals surface area contributed by atoms with Crippen molar-refractivity contribution in [3.8, 4) is 33.6 Å². The number of ether oxygens (including phenoxy) is 1. The van der Waals surface area contributed by atoms with Gasteiger partial charge in [-0.25, -0.2) is 14.8 Å². The number of rotatable bonds is 8. The number of nitrogens with one attached hydrogen (secondary N) is 3. The Labute approximate surface area is 334 Å². The van der Waals surface area contributed by atoms with Crippen LogP contribution in [-0.2, 0) is 14.3 Å². The van der Waals surface area contributed by atoms with Gasteiger partial charge >= 0.3 is 6.09 Å². The quantitative estimate of drug-likeness (QED) is 0.167. The molecule has 4 atom stereocenters. The fourth-order valence-electron chi connectivity index (χ4n) is 6.86. The van der Waals surface area contributed by atoms with Crippen LogP contribution in [0.2, 0.25) is 0 Å². The topological polar surface area (TPSA) is 133 Å². The van der Waals surface area contributed by atoms with Crippen LogP contribution in [0.15, 0.2) is 60.9 Å². The van der Waals surface area contributed by atoms with Gasteiger partial charge in [0.15, 0.2) is 5.78 Å². The van der Waals surface area contributed by atoms with Crippen LogP contribution in [-0.4, -0.2) is 62.3 Å². The Morgan fingerprint density at radius 1 is 0.769 bits per heavy atom. The largest absolute Gasteiger partial charge is 0.453 e. The Bertz CT molecular complexity index is 1740.